The first-order valence-corrected chi connectivity index (χ1v) is 9.48. The number of benzene rings is 4. The number of hydrogen-bond acceptors (Lipinski definition) is 3. The lowest BCUT2D eigenvalue weighted by molar-refractivity contribution is 0.0893. The molecule has 4 aromatic carbocycles. The lowest BCUT2D eigenvalue weighted by Gasteiger charge is -2.28. The van der Waals surface area contributed by atoms with E-state index in [1.165, 1.54) is 4.90 Å². The molecule has 4 nitrogen and oxygen atoms in total. The average Bonchev–Trinajstić information content (AvgIpc) is 2.72. The van der Waals surface area contributed by atoms with Crippen LogP contribution in [0.5, 0.6) is 0 Å². The fourth-order valence-corrected chi connectivity index (χ4v) is 4.09. The van der Waals surface area contributed by atoms with Crippen molar-refractivity contribution in [3.63, 3.8) is 0 Å². The van der Waals surface area contributed by atoms with Gasteiger partial charge < -0.3 is 5.73 Å². The van der Waals surface area contributed by atoms with E-state index < -0.39 is 0 Å². The number of rotatable bonds is 2. The molecule has 0 aromatic heterocycles. The van der Waals surface area contributed by atoms with Gasteiger partial charge in [0.25, 0.3) is 11.8 Å². The first-order valence-electron chi connectivity index (χ1n) is 9.10. The van der Waals surface area contributed by atoms with E-state index in [4.69, 9.17) is 17.3 Å². The molecule has 2 amide bonds. The molecule has 0 bridgehead atoms. The summed E-state index contributed by atoms with van der Waals surface area (Å²) in [6.45, 7) is 0. The number of amides is 2. The molecule has 2 N–H and O–H groups in total. The molecule has 1 aliphatic rings. The highest BCUT2D eigenvalue weighted by Crippen LogP contribution is 2.38. The van der Waals surface area contributed by atoms with E-state index in [1.807, 2.05) is 42.5 Å². The summed E-state index contributed by atoms with van der Waals surface area (Å²) in [5.74, 6) is -0.722. The zero-order chi connectivity index (χ0) is 20.1. The van der Waals surface area contributed by atoms with E-state index in [2.05, 4.69) is 0 Å². The van der Waals surface area contributed by atoms with Gasteiger partial charge in [-0.15, -0.1) is 0 Å². The van der Waals surface area contributed by atoms with Gasteiger partial charge in [0.2, 0.25) is 0 Å². The van der Waals surface area contributed by atoms with Gasteiger partial charge in [0.05, 0.1) is 5.69 Å². The second kappa shape index (κ2) is 6.47. The van der Waals surface area contributed by atoms with Gasteiger partial charge in [0.15, 0.2) is 0 Å². The molecule has 1 aliphatic heterocycles. The molecule has 1 heterocycles. The fourth-order valence-electron chi connectivity index (χ4n) is 3.90. The molecular weight excluding hydrogens is 384 g/mol. The van der Waals surface area contributed by atoms with Gasteiger partial charge in [-0.25, -0.2) is 4.90 Å². The summed E-state index contributed by atoms with van der Waals surface area (Å²) in [6, 6.07) is 23.5. The van der Waals surface area contributed by atoms with Crippen LogP contribution in [0.4, 0.5) is 11.4 Å². The summed E-state index contributed by atoms with van der Waals surface area (Å²) in [7, 11) is 0. The van der Waals surface area contributed by atoms with Crippen LogP contribution in [0.3, 0.4) is 0 Å². The van der Waals surface area contributed by atoms with Crippen LogP contribution in [0, 0.1) is 0 Å². The molecule has 140 valence electrons. The maximum Gasteiger partial charge on any atom is 0.265 e. The van der Waals surface area contributed by atoms with E-state index in [1.54, 1.807) is 36.4 Å². The van der Waals surface area contributed by atoms with Crippen LogP contribution in [0.2, 0.25) is 5.02 Å². The zero-order valence-corrected chi connectivity index (χ0v) is 16.0. The summed E-state index contributed by atoms with van der Waals surface area (Å²) in [4.78, 5) is 27.7. The molecule has 4 aromatic rings. The summed E-state index contributed by atoms with van der Waals surface area (Å²) in [6.07, 6.45) is 0. The number of hydrogen-bond donors (Lipinski definition) is 1. The number of carbonyl (C=O) groups is 2. The first kappa shape index (κ1) is 17.5. The van der Waals surface area contributed by atoms with E-state index in [-0.39, 0.29) is 11.8 Å². The molecule has 0 saturated carbocycles. The maximum atomic E-state index is 13.3. The van der Waals surface area contributed by atoms with Crippen LogP contribution in [0.1, 0.15) is 20.7 Å². The number of halogens is 1. The van der Waals surface area contributed by atoms with Crippen LogP contribution in [0.15, 0.2) is 78.9 Å². The SMILES string of the molecule is Nc1cccc(-c2ccc3c4c(cccc24)C(=O)N(c2cccc(Cl)c2)C3=O)c1. The first-order chi connectivity index (χ1) is 14.0. The third-order valence-corrected chi connectivity index (χ3v) is 5.41. The van der Waals surface area contributed by atoms with Crippen molar-refractivity contribution in [3.8, 4) is 11.1 Å². The van der Waals surface area contributed by atoms with Gasteiger partial charge >= 0.3 is 0 Å². The van der Waals surface area contributed by atoms with Crippen molar-refractivity contribution in [2.75, 3.05) is 10.6 Å². The number of nitrogens with zero attached hydrogens (tertiary/aromatic N) is 1. The highest BCUT2D eigenvalue weighted by atomic mass is 35.5. The van der Waals surface area contributed by atoms with Crippen LogP contribution in [-0.2, 0) is 0 Å². The number of carbonyl (C=O) groups excluding carboxylic acids is 2. The van der Waals surface area contributed by atoms with Gasteiger partial charge in [-0.1, -0.05) is 48.0 Å². The number of anilines is 2. The minimum absolute atomic E-state index is 0.361. The Bertz CT molecular complexity index is 1310. The van der Waals surface area contributed by atoms with Crippen molar-refractivity contribution >= 4 is 45.6 Å². The molecule has 29 heavy (non-hydrogen) atoms. The van der Waals surface area contributed by atoms with Gasteiger partial charge in [0, 0.05) is 27.2 Å². The second-order valence-corrected chi connectivity index (χ2v) is 7.38. The Labute approximate surface area is 172 Å². The monoisotopic (exact) mass is 398 g/mol. The molecule has 0 fully saturated rings. The molecule has 0 spiro atoms. The Hall–Kier alpha value is -3.63. The van der Waals surface area contributed by atoms with Gasteiger partial charge in [-0.3, -0.25) is 9.59 Å². The third-order valence-electron chi connectivity index (χ3n) is 5.17. The van der Waals surface area contributed by atoms with Gasteiger partial charge in [-0.2, -0.15) is 0 Å². The molecule has 0 saturated heterocycles. The van der Waals surface area contributed by atoms with Crippen molar-refractivity contribution in [3.05, 3.63) is 95.0 Å². The minimum Gasteiger partial charge on any atom is -0.399 e. The van der Waals surface area contributed by atoms with E-state index in [0.717, 1.165) is 16.5 Å². The Balaban J connectivity index is 1.75. The fraction of sp³-hybridized carbons (Fsp3) is 0. The molecule has 0 atom stereocenters. The smallest absolute Gasteiger partial charge is 0.265 e. The van der Waals surface area contributed by atoms with E-state index >= 15 is 0 Å². The molecule has 5 rings (SSSR count). The number of nitrogen functional groups attached to an aromatic ring is 1. The quantitative estimate of drug-likeness (QED) is 0.356. The molecule has 0 aliphatic carbocycles. The largest absolute Gasteiger partial charge is 0.399 e. The summed E-state index contributed by atoms with van der Waals surface area (Å²) in [5, 5.41) is 1.97. The Kier molecular flexibility index (Phi) is 3.89. The second-order valence-electron chi connectivity index (χ2n) is 6.94. The Morgan fingerprint density at radius 1 is 0.724 bits per heavy atom. The van der Waals surface area contributed by atoms with Gasteiger partial charge in [-0.05, 0) is 59.0 Å². The molecule has 0 unspecified atom stereocenters. The molecule has 0 radical (unpaired) electrons. The predicted octanol–water partition coefficient (Wildman–Crippen LogP) is 5.54. The Morgan fingerprint density at radius 3 is 2.17 bits per heavy atom. The third kappa shape index (κ3) is 2.69. The number of imide groups is 1. The van der Waals surface area contributed by atoms with E-state index in [9.17, 15) is 9.59 Å². The normalized spacial score (nSPS) is 13.2. The highest BCUT2D eigenvalue weighted by molar-refractivity contribution is 6.37. The maximum absolute atomic E-state index is 13.3. The van der Waals surface area contributed by atoms with Gasteiger partial charge in [0.1, 0.15) is 0 Å². The van der Waals surface area contributed by atoms with Crippen molar-refractivity contribution < 1.29 is 9.59 Å². The molecular formula is C24H15ClN2O2. The van der Waals surface area contributed by atoms with Crippen molar-refractivity contribution in [1.82, 2.24) is 0 Å². The van der Waals surface area contributed by atoms with E-state index in [0.29, 0.717) is 32.9 Å². The number of nitrogens with two attached hydrogens (primary N) is 1. The van der Waals surface area contributed by atoms with Crippen LogP contribution < -0.4 is 10.6 Å². The topological polar surface area (TPSA) is 63.4 Å². The summed E-state index contributed by atoms with van der Waals surface area (Å²) >= 11 is 6.08. The lowest BCUT2D eigenvalue weighted by Crippen LogP contribution is -2.40. The van der Waals surface area contributed by atoms with Crippen LogP contribution in [-0.4, -0.2) is 11.8 Å². The van der Waals surface area contributed by atoms with Crippen LogP contribution in [0.25, 0.3) is 21.9 Å². The summed E-state index contributed by atoms with van der Waals surface area (Å²) in [5.41, 5.74) is 9.90. The highest BCUT2D eigenvalue weighted by Gasteiger charge is 2.34. The standard InChI is InChI=1S/C24H15ClN2O2/c25-15-5-2-7-17(13-15)27-23(28)20-9-3-8-19-18(14-4-1-6-16(26)12-14)10-11-21(22(19)20)24(27)29/h1-13H,26H2. The van der Waals surface area contributed by atoms with Crippen molar-refractivity contribution in [2.45, 2.75) is 0 Å². The zero-order valence-electron chi connectivity index (χ0n) is 15.2. The lowest BCUT2D eigenvalue weighted by atomic mass is 9.89. The molecule has 5 heteroatoms. The van der Waals surface area contributed by atoms with Crippen LogP contribution >= 0.6 is 11.6 Å². The average molecular weight is 399 g/mol. The predicted molar refractivity (Wildman–Crippen MR) is 116 cm³/mol. The van der Waals surface area contributed by atoms with Crippen molar-refractivity contribution in [1.29, 1.82) is 0 Å². The minimum atomic E-state index is -0.361. The Morgan fingerprint density at radius 2 is 1.41 bits per heavy atom. The van der Waals surface area contributed by atoms with Crippen molar-refractivity contribution in [2.24, 2.45) is 0 Å². The summed E-state index contributed by atoms with van der Waals surface area (Å²) < 4.78 is 0.